The molecule has 1 rings (SSSR count). The minimum atomic E-state index is -3.64. The molecule has 1 aromatic rings. The van der Waals surface area contributed by atoms with Crippen molar-refractivity contribution >= 4 is 18.5 Å². The standard InChI is InChI=1S/C15H25O3PS/c1-2-3-4-5-6-7-8-11-14-12-9-10-13-15(14)18-19(16,17)20/h9-10,12-13H,2-8,11H2,1H3,(H2,16,17,20). The Morgan fingerprint density at radius 1 is 1.00 bits per heavy atom. The number of hydrogen-bond donors (Lipinski definition) is 2. The van der Waals surface area contributed by atoms with Gasteiger partial charge in [-0.2, -0.15) is 0 Å². The van der Waals surface area contributed by atoms with Crippen LogP contribution < -0.4 is 4.52 Å². The van der Waals surface area contributed by atoms with Crippen molar-refractivity contribution in [2.75, 3.05) is 0 Å². The van der Waals surface area contributed by atoms with Crippen LogP contribution in [0.4, 0.5) is 0 Å². The molecule has 1 aromatic carbocycles. The topological polar surface area (TPSA) is 49.7 Å². The third-order valence-corrected chi connectivity index (χ3v) is 3.90. The molecule has 0 aliphatic heterocycles. The van der Waals surface area contributed by atoms with E-state index in [0.717, 1.165) is 18.4 Å². The van der Waals surface area contributed by atoms with Crippen molar-refractivity contribution in [2.24, 2.45) is 0 Å². The fourth-order valence-corrected chi connectivity index (χ4v) is 2.88. The van der Waals surface area contributed by atoms with E-state index in [4.69, 9.17) is 4.52 Å². The molecule has 0 fully saturated rings. The summed E-state index contributed by atoms with van der Waals surface area (Å²) in [5, 5.41) is 0. The first-order valence-corrected chi connectivity index (χ1v) is 9.98. The van der Waals surface area contributed by atoms with E-state index in [1.54, 1.807) is 6.07 Å². The molecule has 0 radical (unpaired) electrons. The van der Waals surface area contributed by atoms with E-state index >= 15 is 0 Å². The van der Waals surface area contributed by atoms with Crippen LogP contribution in [0.5, 0.6) is 5.75 Å². The number of para-hydroxylation sites is 1. The van der Waals surface area contributed by atoms with E-state index in [9.17, 15) is 9.79 Å². The lowest BCUT2D eigenvalue weighted by molar-refractivity contribution is 0.368. The summed E-state index contributed by atoms with van der Waals surface area (Å²) in [6, 6.07) is 7.44. The molecule has 0 saturated carbocycles. The van der Waals surface area contributed by atoms with Crippen molar-refractivity contribution in [3.05, 3.63) is 29.8 Å². The van der Waals surface area contributed by atoms with Crippen LogP contribution in [-0.4, -0.2) is 9.79 Å². The van der Waals surface area contributed by atoms with E-state index in [1.807, 2.05) is 18.2 Å². The molecule has 0 heterocycles. The monoisotopic (exact) mass is 316 g/mol. The molecule has 5 heteroatoms. The zero-order chi connectivity index (χ0) is 14.8. The Kier molecular flexibility index (Phi) is 8.39. The molecule has 0 amide bonds. The maximum atomic E-state index is 9.25. The summed E-state index contributed by atoms with van der Waals surface area (Å²) in [5.41, 5.74) is 0.999. The lowest BCUT2D eigenvalue weighted by Gasteiger charge is -2.13. The van der Waals surface area contributed by atoms with Crippen LogP contribution in [0.2, 0.25) is 0 Å². The molecular weight excluding hydrogens is 291 g/mol. The van der Waals surface area contributed by atoms with Crippen LogP contribution in [0.25, 0.3) is 0 Å². The highest BCUT2D eigenvalue weighted by Crippen LogP contribution is 2.39. The van der Waals surface area contributed by atoms with E-state index in [-0.39, 0.29) is 0 Å². The molecule has 0 atom stereocenters. The molecule has 0 unspecified atom stereocenters. The highest BCUT2D eigenvalue weighted by molar-refractivity contribution is 8.06. The normalized spacial score (nSPS) is 11.6. The molecule has 0 aliphatic carbocycles. The van der Waals surface area contributed by atoms with Gasteiger partial charge in [0.05, 0.1) is 0 Å². The average Bonchev–Trinajstić information content (AvgIpc) is 2.38. The Hall–Kier alpha value is -0.410. The Labute approximate surface area is 127 Å². The van der Waals surface area contributed by atoms with Crippen molar-refractivity contribution in [3.63, 3.8) is 0 Å². The first-order valence-electron chi connectivity index (χ1n) is 7.36. The molecule has 0 saturated heterocycles. The minimum Gasteiger partial charge on any atom is -0.424 e. The maximum Gasteiger partial charge on any atom is 0.375 e. The Bertz CT molecular complexity index is 431. The van der Waals surface area contributed by atoms with Crippen molar-refractivity contribution in [1.82, 2.24) is 0 Å². The summed E-state index contributed by atoms with van der Waals surface area (Å²) in [6.45, 7) is -1.42. The third kappa shape index (κ3) is 8.01. The van der Waals surface area contributed by atoms with Crippen LogP contribution in [0.15, 0.2) is 24.3 Å². The van der Waals surface area contributed by atoms with Gasteiger partial charge in [0, 0.05) is 11.8 Å². The van der Waals surface area contributed by atoms with E-state index in [1.165, 1.54) is 38.5 Å². The van der Waals surface area contributed by atoms with Crippen molar-refractivity contribution in [1.29, 1.82) is 0 Å². The first-order chi connectivity index (χ1) is 9.53. The van der Waals surface area contributed by atoms with Gasteiger partial charge in [-0.25, -0.2) is 0 Å². The molecule has 114 valence electrons. The Balaban J connectivity index is 2.34. The summed E-state index contributed by atoms with van der Waals surface area (Å²) >= 11 is 4.52. The smallest absolute Gasteiger partial charge is 0.375 e. The lowest BCUT2D eigenvalue weighted by atomic mass is 10.0. The lowest BCUT2D eigenvalue weighted by Crippen LogP contribution is -1.95. The first kappa shape index (κ1) is 17.6. The van der Waals surface area contributed by atoms with Gasteiger partial charge in [0.15, 0.2) is 0 Å². The molecule has 0 bridgehead atoms. The number of hydrogen-bond acceptors (Lipinski definition) is 2. The summed E-state index contributed by atoms with van der Waals surface area (Å²) in [4.78, 5) is 18.5. The second kappa shape index (κ2) is 9.51. The zero-order valence-electron chi connectivity index (χ0n) is 12.1. The quantitative estimate of drug-likeness (QED) is 0.490. The molecule has 0 spiro atoms. The predicted octanol–water partition coefficient (Wildman–Crippen LogP) is 4.57. The number of rotatable bonds is 10. The maximum absolute atomic E-state index is 9.25. The zero-order valence-corrected chi connectivity index (χ0v) is 13.8. The van der Waals surface area contributed by atoms with Crippen LogP contribution in [0.1, 0.15) is 57.4 Å². The number of aryl methyl sites for hydroxylation is 1. The second-order valence-electron chi connectivity index (χ2n) is 5.06. The van der Waals surface area contributed by atoms with Crippen LogP contribution >= 0.6 is 6.72 Å². The molecular formula is C15H25O3PS. The average molecular weight is 316 g/mol. The predicted molar refractivity (Wildman–Crippen MR) is 87.5 cm³/mol. The van der Waals surface area contributed by atoms with Gasteiger partial charge in [-0.3, -0.25) is 0 Å². The molecule has 0 aliphatic rings. The van der Waals surface area contributed by atoms with E-state index < -0.39 is 6.72 Å². The highest BCUT2D eigenvalue weighted by atomic mass is 32.5. The van der Waals surface area contributed by atoms with Crippen molar-refractivity contribution in [3.8, 4) is 5.75 Å². The summed E-state index contributed by atoms with van der Waals surface area (Å²) < 4.78 is 5.08. The third-order valence-electron chi connectivity index (χ3n) is 3.24. The highest BCUT2D eigenvalue weighted by Gasteiger charge is 2.12. The van der Waals surface area contributed by atoms with Gasteiger partial charge in [-0.05, 0) is 24.5 Å². The van der Waals surface area contributed by atoms with Gasteiger partial charge in [-0.1, -0.05) is 63.6 Å². The minimum absolute atomic E-state index is 0.506. The van der Waals surface area contributed by atoms with Gasteiger partial charge in [0.1, 0.15) is 5.75 Å². The molecule has 2 N–H and O–H groups in total. The summed E-state index contributed by atoms with van der Waals surface area (Å²) in [6.07, 6.45) is 9.68. The molecule has 0 aromatic heterocycles. The van der Waals surface area contributed by atoms with Gasteiger partial charge >= 0.3 is 6.72 Å². The second-order valence-corrected chi connectivity index (χ2v) is 7.65. The van der Waals surface area contributed by atoms with Crippen molar-refractivity contribution < 1.29 is 14.3 Å². The van der Waals surface area contributed by atoms with E-state index in [2.05, 4.69) is 18.7 Å². The molecule has 3 nitrogen and oxygen atoms in total. The summed E-state index contributed by atoms with van der Waals surface area (Å²) in [7, 11) is 0. The largest absolute Gasteiger partial charge is 0.424 e. The molecule has 20 heavy (non-hydrogen) atoms. The fraction of sp³-hybridized carbons (Fsp3) is 0.600. The van der Waals surface area contributed by atoms with Crippen LogP contribution in [0.3, 0.4) is 0 Å². The SMILES string of the molecule is CCCCCCCCCc1ccccc1OP(O)(O)=S. The Morgan fingerprint density at radius 3 is 2.25 bits per heavy atom. The number of unbranched alkanes of at least 4 members (excludes halogenated alkanes) is 6. The van der Waals surface area contributed by atoms with Gasteiger partial charge in [-0.15, -0.1) is 0 Å². The summed E-state index contributed by atoms with van der Waals surface area (Å²) in [5.74, 6) is 0.506. The Morgan fingerprint density at radius 2 is 1.60 bits per heavy atom. The van der Waals surface area contributed by atoms with Crippen molar-refractivity contribution in [2.45, 2.75) is 58.3 Å². The fourth-order valence-electron chi connectivity index (χ4n) is 2.20. The van der Waals surface area contributed by atoms with Crippen LogP contribution in [0, 0.1) is 0 Å². The van der Waals surface area contributed by atoms with Gasteiger partial charge in [0.25, 0.3) is 0 Å². The van der Waals surface area contributed by atoms with Gasteiger partial charge in [0.2, 0.25) is 0 Å². The van der Waals surface area contributed by atoms with Crippen LogP contribution in [-0.2, 0) is 18.2 Å². The van der Waals surface area contributed by atoms with E-state index in [0.29, 0.717) is 5.75 Å². The number of benzene rings is 1. The van der Waals surface area contributed by atoms with Gasteiger partial charge < -0.3 is 14.3 Å².